The van der Waals surface area contributed by atoms with E-state index in [4.69, 9.17) is 11.6 Å². The summed E-state index contributed by atoms with van der Waals surface area (Å²) in [4.78, 5) is 11.7. The van der Waals surface area contributed by atoms with Crippen LogP contribution in [0, 0.1) is 0 Å². The van der Waals surface area contributed by atoms with Crippen LogP contribution in [0.25, 0.3) is 0 Å². The minimum atomic E-state index is -4.75. The molecule has 22 heavy (non-hydrogen) atoms. The third kappa shape index (κ3) is 5.17. The van der Waals surface area contributed by atoms with Crippen LogP contribution < -0.4 is 15.4 Å². The summed E-state index contributed by atoms with van der Waals surface area (Å²) < 4.78 is 39.8. The fraction of sp³-hybridized carbons (Fsp3) is 0.0714. The van der Waals surface area contributed by atoms with Gasteiger partial charge in [-0.2, -0.15) is 0 Å². The predicted molar refractivity (Wildman–Crippen MR) is 77.2 cm³/mol. The van der Waals surface area contributed by atoms with Gasteiger partial charge in [0.1, 0.15) is 5.75 Å². The Morgan fingerprint density at radius 1 is 1.00 bits per heavy atom. The van der Waals surface area contributed by atoms with Gasteiger partial charge in [0.2, 0.25) is 0 Å². The first kappa shape index (κ1) is 16.0. The Morgan fingerprint density at radius 3 is 2.23 bits per heavy atom. The number of ether oxygens (including phenoxy) is 1. The quantitative estimate of drug-likeness (QED) is 0.842. The number of amides is 2. The lowest BCUT2D eigenvalue weighted by Crippen LogP contribution is -2.19. The minimum Gasteiger partial charge on any atom is -0.406 e. The Bertz CT molecular complexity index is 660. The average Bonchev–Trinajstić information content (AvgIpc) is 2.39. The molecule has 2 N–H and O–H groups in total. The highest BCUT2D eigenvalue weighted by atomic mass is 35.5. The van der Waals surface area contributed by atoms with E-state index in [1.54, 1.807) is 24.3 Å². The number of carbonyl (C=O) groups is 1. The summed E-state index contributed by atoms with van der Waals surface area (Å²) in [5, 5.41) is 5.47. The smallest absolute Gasteiger partial charge is 0.406 e. The zero-order valence-corrected chi connectivity index (χ0v) is 11.7. The zero-order valence-electron chi connectivity index (χ0n) is 10.9. The van der Waals surface area contributed by atoms with Crippen LogP contribution in [0.15, 0.2) is 48.5 Å². The van der Waals surface area contributed by atoms with E-state index in [0.717, 1.165) is 12.1 Å². The summed E-state index contributed by atoms with van der Waals surface area (Å²) in [5.41, 5.74) is 0.802. The molecular formula is C14H10ClF3N2O2. The van der Waals surface area contributed by atoms with Crippen molar-refractivity contribution in [1.82, 2.24) is 0 Å². The molecule has 2 amide bonds. The van der Waals surface area contributed by atoms with Gasteiger partial charge in [-0.05, 0) is 42.5 Å². The van der Waals surface area contributed by atoms with Crippen LogP contribution in [0.5, 0.6) is 5.75 Å². The number of rotatable bonds is 3. The average molecular weight is 331 g/mol. The summed E-state index contributed by atoms with van der Waals surface area (Å²) >= 11 is 5.78. The molecule has 2 rings (SSSR count). The minimum absolute atomic E-state index is 0.314. The number of anilines is 2. The van der Waals surface area contributed by atoms with E-state index in [-0.39, 0.29) is 5.75 Å². The second kappa shape index (κ2) is 6.57. The first-order valence-corrected chi connectivity index (χ1v) is 6.39. The van der Waals surface area contributed by atoms with Crippen molar-refractivity contribution in [1.29, 1.82) is 0 Å². The molecule has 0 aliphatic carbocycles. The van der Waals surface area contributed by atoms with Crippen molar-refractivity contribution in [3.8, 4) is 5.75 Å². The van der Waals surface area contributed by atoms with Crippen molar-refractivity contribution in [2.45, 2.75) is 6.36 Å². The van der Waals surface area contributed by atoms with Crippen molar-refractivity contribution < 1.29 is 22.7 Å². The summed E-state index contributed by atoms with van der Waals surface area (Å²) in [6.07, 6.45) is -4.75. The van der Waals surface area contributed by atoms with Gasteiger partial charge in [-0.3, -0.25) is 0 Å². The number of alkyl halides is 3. The molecule has 8 heteroatoms. The summed E-state index contributed by atoms with van der Waals surface area (Å²) in [7, 11) is 0. The van der Waals surface area contributed by atoms with Crippen LogP contribution in [-0.4, -0.2) is 12.4 Å². The monoisotopic (exact) mass is 330 g/mol. The maximum Gasteiger partial charge on any atom is 0.573 e. The van der Waals surface area contributed by atoms with Gasteiger partial charge in [0.25, 0.3) is 0 Å². The van der Waals surface area contributed by atoms with Crippen LogP contribution in [0.2, 0.25) is 5.02 Å². The van der Waals surface area contributed by atoms with Crippen molar-refractivity contribution in [2.24, 2.45) is 0 Å². The Balaban J connectivity index is 1.94. The number of hydrogen-bond acceptors (Lipinski definition) is 2. The molecule has 2 aromatic carbocycles. The second-order valence-corrected chi connectivity index (χ2v) is 4.60. The maximum atomic E-state index is 12.0. The van der Waals surface area contributed by atoms with E-state index >= 15 is 0 Å². The highest BCUT2D eigenvalue weighted by molar-refractivity contribution is 6.30. The van der Waals surface area contributed by atoms with E-state index in [9.17, 15) is 18.0 Å². The largest absolute Gasteiger partial charge is 0.573 e. The lowest BCUT2D eigenvalue weighted by molar-refractivity contribution is -0.274. The molecule has 0 bridgehead atoms. The van der Waals surface area contributed by atoms with Gasteiger partial charge < -0.3 is 15.4 Å². The number of benzene rings is 2. The van der Waals surface area contributed by atoms with Gasteiger partial charge in [-0.25, -0.2) is 4.79 Å². The number of nitrogens with one attached hydrogen (secondary N) is 2. The molecule has 0 heterocycles. The highest BCUT2D eigenvalue weighted by Crippen LogP contribution is 2.24. The molecular weight excluding hydrogens is 321 g/mol. The van der Waals surface area contributed by atoms with E-state index in [1.807, 2.05) is 0 Å². The Kier molecular flexibility index (Phi) is 4.77. The molecule has 0 spiro atoms. The van der Waals surface area contributed by atoms with Crippen LogP contribution in [0.1, 0.15) is 0 Å². The Morgan fingerprint density at radius 2 is 1.64 bits per heavy atom. The molecule has 4 nitrogen and oxygen atoms in total. The normalized spacial score (nSPS) is 10.9. The van der Waals surface area contributed by atoms with Gasteiger partial charge >= 0.3 is 12.4 Å². The number of carbonyl (C=O) groups excluding carboxylic acids is 1. The number of halogens is 4. The molecule has 0 saturated carbocycles. The fourth-order valence-electron chi connectivity index (χ4n) is 1.60. The van der Waals surface area contributed by atoms with Crippen LogP contribution in [0.3, 0.4) is 0 Å². The zero-order chi connectivity index (χ0) is 16.2. The summed E-state index contributed by atoms with van der Waals surface area (Å²) in [6.45, 7) is 0. The first-order chi connectivity index (χ1) is 10.3. The molecule has 0 saturated heterocycles. The highest BCUT2D eigenvalue weighted by Gasteiger charge is 2.30. The predicted octanol–water partition coefficient (Wildman–Crippen LogP) is 4.88. The summed E-state index contributed by atoms with van der Waals surface area (Å²) in [5.74, 6) is -0.367. The van der Waals surface area contributed by atoms with Crippen LogP contribution in [0.4, 0.5) is 29.3 Å². The Labute approximate surface area is 128 Å². The lowest BCUT2D eigenvalue weighted by Gasteiger charge is -2.10. The second-order valence-electron chi connectivity index (χ2n) is 4.16. The third-order valence-electron chi connectivity index (χ3n) is 2.43. The van der Waals surface area contributed by atoms with E-state index in [0.29, 0.717) is 16.4 Å². The third-order valence-corrected chi connectivity index (χ3v) is 2.66. The fourth-order valence-corrected chi connectivity index (χ4v) is 1.79. The van der Waals surface area contributed by atoms with Gasteiger partial charge in [0, 0.05) is 16.4 Å². The molecule has 0 aromatic heterocycles. The standard InChI is InChI=1S/C14H10ClF3N2O2/c15-9-2-1-3-11(8-9)20-13(21)19-10-4-6-12(7-5-10)22-14(16,17)18/h1-8H,(H2,19,20,21). The molecule has 0 unspecified atom stereocenters. The molecule has 0 aliphatic heterocycles. The molecule has 0 fully saturated rings. The van der Waals surface area contributed by atoms with E-state index in [2.05, 4.69) is 15.4 Å². The van der Waals surface area contributed by atoms with Crippen molar-refractivity contribution in [3.63, 3.8) is 0 Å². The molecule has 0 aliphatic rings. The SMILES string of the molecule is O=C(Nc1ccc(OC(F)(F)F)cc1)Nc1cccc(Cl)c1. The van der Waals surface area contributed by atoms with Gasteiger partial charge in [0.05, 0.1) is 0 Å². The Hall–Kier alpha value is -2.41. The van der Waals surface area contributed by atoms with Gasteiger partial charge in [0.15, 0.2) is 0 Å². The number of urea groups is 1. The van der Waals surface area contributed by atoms with Gasteiger partial charge in [-0.15, -0.1) is 13.2 Å². The van der Waals surface area contributed by atoms with Gasteiger partial charge in [-0.1, -0.05) is 17.7 Å². The topological polar surface area (TPSA) is 50.4 Å². The molecule has 2 aromatic rings. The van der Waals surface area contributed by atoms with Crippen LogP contribution >= 0.6 is 11.6 Å². The van der Waals surface area contributed by atoms with Crippen LogP contribution in [-0.2, 0) is 0 Å². The van der Waals surface area contributed by atoms with E-state index < -0.39 is 12.4 Å². The molecule has 116 valence electrons. The number of hydrogen-bond donors (Lipinski definition) is 2. The van der Waals surface area contributed by atoms with Crippen molar-refractivity contribution in [3.05, 3.63) is 53.6 Å². The molecule has 0 radical (unpaired) electrons. The van der Waals surface area contributed by atoms with E-state index in [1.165, 1.54) is 12.1 Å². The van der Waals surface area contributed by atoms with Crippen molar-refractivity contribution in [2.75, 3.05) is 10.6 Å². The first-order valence-electron chi connectivity index (χ1n) is 6.01. The summed E-state index contributed by atoms with van der Waals surface area (Å²) in [6, 6.07) is 10.8. The molecule has 0 atom stereocenters. The van der Waals surface area contributed by atoms with Crippen molar-refractivity contribution >= 4 is 29.0 Å². The lowest BCUT2D eigenvalue weighted by atomic mass is 10.3. The maximum absolute atomic E-state index is 12.0.